The second-order valence-electron chi connectivity index (χ2n) is 8.47. The molecule has 0 saturated heterocycles. The molecule has 2 aromatic heterocycles. The SMILES string of the molecule is CCOC(=O)N1CCc2c(sc3c2c(=O)n(-c2ccc(F)cc2)c(=O)n3Cc2ccccc2C)C1. The van der Waals surface area contributed by atoms with Gasteiger partial charge in [0.2, 0.25) is 0 Å². The molecule has 0 fully saturated rings. The number of aromatic nitrogens is 2. The molecule has 7 nitrogen and oxygen atoms in total. The zero-order valence-electron chi connectivity index (χ0n) is 19.4. The molecule has 1 amide bonds. The highest BCUT2D eigenvalue weighted by molar-refractivity contribution is 7.18. The van der Waals surface area contributed by atoms with Gasteiger partial charge in [0.25, 0.3) is 5.56 Å². The van der Waals surface area contributed by atoms with Gasteiger partial charge in [0, 0.05) is 11.4 Å². The van der Waals surface area contributed by atoms with Crippen LogP contribution in [0.3, 0.4) is 0 Å². The Morgan fingerprint density at radius 3 is 2.57 bits per heavy atom. The van der Waals surface area contributed by atoms with E-state index in [0.29, 0.717) is 35.4 Å². The third kappa shape index (κ3) is 4.05. The fourth-order valence-electron chi connectivity index (χ4n) is 4.49. The van der Waals surface area contributed by atoms with Crippen molar-refractivity contribution in [2.45, 2.75) is 33.4 Å². The van der Waals surface area contributed by atoms with E-state index in [9.17, 15) is 18.8 Å². The molecule has 1 aliphatic rings. The third-order valence-electron chi connectivity index (χ3n) is 6.32. The molecule has 5 rings (SSSR count). The fraction of sp³-hybridized carbons (Fsp3) is 0.269. The van der Waals surface area contributed by atoms with Crippen molar-refractivity contribution in [3.63, 3.8) is 0 Å². The molecule has 35 heavy (non-hydrogen) atoms. The molecule has 0 radical (unpaired) electrons. The van der Waals surface area contributed by atoms with Crippen LogP contribution in [-0.4, -0.2) is 33.3 Å². The summed E-state index contributed by atoms with van der Waals surface area (Å²) in [7, 11) is 0. The van der Waals surface area contributed by atoms with E-state index in [1.807, 2.05) is 31.2 Å². The molecule has 0 aliphatic carbocycles. The van der Waals surface area contributed by atoms with E-state index in [1.165, 1.54) is 35.6 Å². The van der Waals surface area contributed by atoms with Crippen LogP contribution in [0.15, 0.2) is 58.1 Å². The molecule has 180 valence electrons. The van der Waals surface area contributed by atoms with Gasteiger partial charge in [0.1, 0.15) is 10.6 Å². The van der Waals surface area contributed by atoms with Crippen molar-refractivity contribution in [1.82, 2.24) is 14.0 Å². The zero-order valence-corrected chi connectivity index (χ0v) is 20.2. The average Bonchev–Trinajstić information content (AvgIpc) is 3.23. The first-order valence-corrected chi connectivity index (χ1v) is 12.2. The van der Waals surface area contributed by atoms with E-state index in [1.54, 1.807) is 16.4 Å². The van der Waals surface area contributed by atoms with Gasteiger partial charge in [-0.3, -0.25) is 9.36 Å². The highest BCUT2D eigenvalue weighted by Gasteiger charge is 2.29. The fourth-order valence-corrected chi connectivity index (χ4v) is 5.84. The first-order chi connectivity index (χ1) is 16.9. The lowest BCUT2D eigenvalue weighted by molar-refractivity contribution is 0.103. The van der Waals surface area contributed by atoms with Gasteiger partial charge in [-0.2, -0.15) is 0 Å². The Labute approximate surface area is 204 Å². The number of fused-ring (bicyclic) bond motifs is 3. The Bertz CT molecular complexity index is 1550. The van der Waals surface area contributed by atoms with Crippen molar-refractivity contribution in [2.75, 3.05) is 13.2 Å². The second kappa shape index (κ2) is 9.14. The number of nitrogens with zero attached hydrogens (tertiary/aromatic N) is 3. The van der Waals surface area contributed by atoms with Gasteiger partial charge >= 0.3 is 11.8 Å². The van der Waals surface area contributed by atoms with Crippen LogP contribution in [0.5, 0.6) is 0 Å². The number of carbonyl (C=O) groups excluding carboxylic acids is 1. The van der Waals surface area contributed by atoms with Crippen molar-refractivity contribution < 1.29 is 13.9 Å². The van der Waals surface area contributed by atoms with Crippen LogP contribution in [0.2, 0.25) is 0 Å². The number of carbonyl (C=O) groups is 1. The summed E-state index contributed by atoms with van der Waals surface area (Å²) in [6.45, 7) is 5.04. The lowest BCUT2D eigenvalue weighted by Crippen LogP contribution is -2.39. The molecule has 9 heteroatoms. The quantitative estimate of drug-likeness (QED) is 0.427. The van der Waals surface area contributed by atoms with Gasteiger partial charge in [-0.15, -0.1) is 11.3 Å². The zero-order chi connectivity index (χ0) is 24.7. The molecular formula is C26H24FN3O4S. The molecule has 0 spiro atoms. The lowest BCUT2D eigenvalue weighted by atomic mass is 10.1. The maximum Gasteiger partial charge on any atom is 0.410 e. The van der Waals surface area contributed by atoms with Gasteiger partial charge in [-0.1, -0.05) is 24.3 Å². The second-order valence-corrected chi connectivity index (χ2v) is 9.55. The smallest absolute Gasteiger partial charge is 0.410 e. The normalized spacial score (nSPS) is 13.2. The Kier molecular flexibility index (Phi) is 6.02. The Morgan fingerprint density at radius 2 is 1.86 bits per heavy atom. The van der Waals surface area contributed by atoms with Gasteiger partial charge < -0.3 is 9.64 Å². The van der Waals surface area contributed by atoms with E-state index in [4.69, 9.17) is 4.74 Å². The highest BCUT2D eigenvalue weighted by atomic mass is 32.1. The minimum atomic E-state index is -0.488. The molecule has 4 aromatic rings. The molecule has 0 N–H and O–H groups in total. The van der Waals surface area contributed by atoms with Crippen molar-refractivity contribution in [2.24, 2.45) is 0 Å². The van der Waals surface area contributed by atoms with Crippen molar-refractivity contribution in [3.05, 3.63) is 96.8 Å². The summed E-state index contributed by atoms with van der Waals surface area (Å²) < 4.78 is 21.5. The van der Waals surface area contributed by atoms with Crippen LogP contribution in [0, 0.1) is 12.7 Å². The third-order valence-corrected chi connectivity index (χ3v) is 7.56. The monoisotopic (exact) mass is 493 g/mol. The number of amides is 1. The van der Waals surface area contributed by atoms with Crippen molar-refractivity contribution in [1.29, 1.82) is 0 Å². The summed E-state index contributed by atoms with van der Waals surface area (Å²) in [6, 6.07) is 13.1. The van der Waals surface area contributed by atoms with Crippen molar-refractivity contribution in [3.8, 4) is 5.69 Å². The average molecular weight is 494 g/mol. The number of ether oxygens (including phenoxy) is 1. The van der Waals surface area contributed by atoms with Gasteiger partial charge in [0.05, 0.1) is 30.8 Å². The molecule has 1 aliphatic heterocycles. The molecule has 2 aromatic carbocycles. The number of thiophene rings is 1. The number of halogens is 1. The van der Waals surface area contributed by atoms with E-state index < -0.39 is 23.2 Å². The van der Waals surface area contributed by atoms with E-state index >= 15 is 0 Å². The first-order valence-electron chi connectivity index (χ1n) is 11.4. The van der Waals surface area contributed by atoms with Gasteiger partial charge in [-0.25, -0.2) is 18.5 Å². The van der Waals surface area contributed by atoms with Gasteiger partial charge in [-0.05, 0) is 61.2 Å². The van der Waals surface area contributed by atoms with Gasteiger partial charge in [0.15, 0.2) is 0 Å². The maximum absolute atomic E-state index is 13.7. The summed E-state index contributed by atoms with van der Waals surface area (Å²) in [5.74, 6) is -0.449. The highest BCUT2D eigenvalue weighted by Crippen LogP contribution is 2.33. The maximum atomic E-state index is 13.7. The summed E-state index contributed by atoms with van der Waals surface area (Å²) in [4.78, 5) is 42.8. The van der Waals surface area contributed by atoms with E-state index in [0.717, 1.165) is 26.1 Å². The standard InChI is InChI=1S/C26H24FN3O4S/c1-3-34-26(33)28-13-12-20-21(15-28)35-24-22(20)23(31)30(19-10-8-18(27)9-11-19)25(32)29(24)14-17-7-5-4-6-16(17)2/h4-11H,3,12-15H2,1-2H3. The lowest BCUT2D eigenvalue weighted by Gasteiger charge is -2.25. The number of hydrogen-bond donors (Lipinski definition) is 0. The first kappa shape index (κ1) is 23.0. The topological polar surface area (TPSA) is 73.5 Å². The number of hydrogen-bond acceptors (Lipinski definition) is 5. The minimum Gasteiger partial charge on any atom is -0.450 e. The molecule has 0 atom stereocenters. The van der Waals surface area contributed by atoms with E-state index in [-0.39, 0.29) is 13.2 Å². The van der Waals surface area contributed by atoms with Crippen LogP contribution < -0.4 is 11.2 Å². The molecule has 0 bridgehead atoms. The van der Waals surface area contributed by atoms with Crippen LogP contribution in [-0.2, 0) is 24.2 Å². The Morgan fingerprint density at radius 1 is 1.11 bits per heavy atom. The molecule has 3 heterocycles. The molecular weight excluding hydrogens is 469 g/mol. The Balaban J connectivity index is 1.74. The molecule has 0 unspecified atom stereocenters. The summed E-state index contributed by atoms with van der Waals surface area (Å²) in [5, 5.41) is 0.478. The molecule has 0 saturated carbocycles. The predicted molar refractivity (Wildman–Crippen MR) is 133 cm³/mol. The van der Waals surface area contributed by atoms with Crippen molar-refractivity contribution >= 4 is 27.6 Å². The number of aryl methyl sites for hydroxylation is 1. The summed E-state index contributed by atoms with van der Waals surface area (Å²) in [6.07, 6.45) is 0.0895. The number of benzene rings is 2. The van der Waals surface area contributed by atoms with Crippen LogP contribution in [0.1, 0.15) is 28.5 Å². The Hall–Kier alpha value is -3.72. The van der Waals surface area contributed by atoms with E-state index in [2.05, 4.69) is 0 Å². The predicted octanol–water partition coefficient (Wildman–Crippen LogP) is 4.22. The van der Waals surface area contributed by atoms with Crippen LogP contribution >= 0.6 is 11.3 Å². The summed E-state index contributed by atoms with van der Waals surface area (Å²) >= 11 is 1.37. The minimum absolute atomic E-state index is 0.282. The van der Waals surface area contributed by atoms with Crippen LogP contribution in [0.25, 0.3) is 15.9 Å². The van der Waals surface area contributed by atoms with Crippen LogP contribution in [0.4, 0.5) is 9.18 Å². The number of rotatable bonds is 4. The largest absolute Gasteiger partial charge is 0.450 e. The summed E-state index contributed by atoms with van der Waals surface area (Å²) in [5.41, 5.74) is 2.23.